The number of halogens is 1. The quantitative estimate of drug-likeness (QED) is 0.451. The lowest BCUT2D eigenvalue weighted by atomic mass is 9.68. The highest BCUT2D eigenvalue weighted by atomic mass is 79.9. The van der Waals surface area contributed by atoms with Crippen LogP contribution in [0.1, 0.15) is 88.2 Å². The van der Waals surface area contributed by atoms with Gasteiger partial charge in [0.05, 0.1) is 0 Å². The second-order valence-corrected chi connectivity index (χ2v) is 8.98. The van der Waals surface area contributed by atoms with Gasteiger partial charge in [-0.2, -0.15) is 0 Å². The van der Waals surface area contributed by atoms with Crippen molar-refractivity contribution in [1.82, 2.24) is 0 Å². The van der Waals surface area contributed by atoms with Crippen LogP contribution >= 0.6 is 15.9 Å². The molecule has 0 atom stereocenters. The molecular weight excluding hydrogens is 368 g/mol. The minimum absolute atomic E-state index is 0.823. The predicted octanol–water partition coefficient (Wildman–Crippen LogP) is 8.02. The van der Waals surface area contributed by atoms with Crippen LogP contribution < -0.4 is 0 Å². The van der Waals surface area contributed by atoms with Gasteiger partial charge in [0.15, 0.2) is 0 Å². The molecule has 1 aromatic carbocycles. The summed E-state index contributed by atoms with van der Waals surface area (Å²) in [7, 11) is 0. The number of allylic oxidation sites excluding steroid dienone is 1. The molecule has 0 bridgehead atoms. The first-order valence-corrected chi connectivity index (χ1v) is 11.6. The number of rotatable bonds is 6. The van der Waals surface area contributed by atoms with E-state index in [1.54, 1.807) is 5.56 Å². The number of benzene rings is 1. The van der Waals surface area contributed by atoms with Gasteiger partial charge in [0.2, 0.25) is 0 Å². The molecule has 25 heavy (non-hydrogen) atoms. The highest BCUT2D eigenvalue weighted by molar-refractivity contribution is 9.11. The Balaban J connectivity index is 1.45. The van der Waals surface area contributed by atoms with Gasteiger partial charge in [0.25, 0.3) is 0 Å². The number of hydrogen-bond donors (Lipinski definition) is 0. The molecule has 0 amide bonds. The maximum atomic E-state index is 3.44. The third kappa shape index (κ3) is 5.46. The summed E-state index contributed by atoms with van der Waals surface area (Å²) >= 11 is 3.44. The number of hydrogen-bond acceptors (Lipinski definition) is 0. The van der Waals surface area contributed by atoms with Crippen LogP contribution in [0.5, 0.6) is 0 Å². The van der Waals surface area contributed by atoms with Crippen LogP contribution in [0.3, 0.4) is 0 Å². The average molecular weight is 403 g/mol. The largest absolute Gasteiger partial charge is 0.0745 e. The van der Waals surface area contributed by atoms with E-state index in [1.807, 2.05) is 0 Å². The fourth-order valence-electron chi connectivity index (χ4n) is 5.17. The Morgan fingerprint density at radius 3 is 2.04 bits per heavy atom. The van der Waals surface area contributed by atoms with Gasteiger partial charge in [-0.25, -0.2) is 0 Å². The van der Waals surface area contributed by atoms with Crippen LogP contribution in [0.15, 0.2) is 35.3 Å². The maximum Gasteiger partial charge on any atom is -0.0162 e. The van der Waals surface area contributed by atoms with Gasteiger partial charge in [-0.3, -0.25) is 0 Å². The first-order valence-electron chi connectivity index (χ1n) is 10.7. The third-order valence-electron chi connectivity index (χ3n) is 6.87. The van der Waals surface area contributed by atoms with Crippen molar-refractivity contribution in [3.05, 3.63) is 46.5 Å². The molecule has 0 aromatic heterocycles. The van der Waals surface area contributed by atoms with E-state index in [4.69, 9.17) is 0 Å². The van der Waals surface area contributed by atoms with Crippen molar-refractivity contribution < 1.29 is 0 Å². The van der Waals surface area contributed by atoms with Crippen LogP contribution in [-0.2, 0) is 6.42 Å². The SMILES string of the molecule is CCCCc1ccc(C2CCC(C3CCC(/C=C/Br)CC3)CC2)cc1. The normalized spacial score (nSPS) is 30.6. The topological polar surface area (TPSA) is 0 Å². The zero-order valence-corrected chi connectivity index (χ0v) is 17.5. The predicted molar refractivity (Wildman–Crippen MR) is 113 cm³/mol. The molecule has 3 rings (SSSR count). The van der Waals surface area contributed by atoms with Gasteiger partial charge in [0, 0.05) is 0 Å². The molecule has 2 saturated carbocycles. The lowest BCUT2D eigenvalue weighted by Gasteiger charge is -2.37. The molecule has 1 heteroatoms. The summed E-state index contributed by atoms with van der Waals surface area (Å²) in [6, 6.07) is 9.62. The molecule has 138 valence electrons. The molecule has 2 aliphatic rings. The Hall–Kier alpha value is -0.560. The van der Waals surface area contributed by atoms with E-state index < -0.39 is 0 Å². The first-order chi connectivity index (χ1) is 12.3. The monoisotopic (exact) mass is 402 g/mol. The summed E-state index contributed by atoms with van der Waals surface area (Å²) in [6.45, 7) is 2.28. The number of unbranched alkanes of at least 4 members (excludes halogenated alkanes) is 1. The fraction of sp³-hybridized carbons (Fsp3) is 0.667. The summed E-state index contributed by atoms with van der Waals surface area (Å²) in [5.74, 6) is 3.67. The van der Waals surface area contributed by atoms with Crippen LogP contribution in [0.25, 0.3) is 0 Å². The highest BCUT2D eigenvalue weighted by Crippen LogP contribution is 2.44. The Bertz CT molecular complexity index is 514. The van der Waals surface area contributed by atoms with E-state index in [2.05, 4.69) is 58.2 Å². The van der Waals surface area contributed by atoms with Gasteiger partial charge in [-0.1, -0.05) is 59.6 Å². The second kappa shape index (κ2) is 9.95. The summed E-state index contributed by atoms with van der Waals surface area (Å²) < 4.78 is 0. The van der Waals surface area contributed by atoms with Crippen LogP contribution in [-0.4, -0.2) is 0 Å². The minimum atomic E-state index is 0.823. The smallest absolute Gasteiger partial charge is 0.0162 e. The zero-order chi connectivity index (χ0) is 17.5. The van der Waals surface area contributed by atoms with Gasteiger partial charge in [0.1, 0.15) is 0 Å². The van der Waals surface area contributed by atoms with Gasteiger partial charge in [-0.15, -0.1) is 0 Å². The molecule has 0 aliphatic heterocycles. The van der Waals surface area contributed by atoms with Gasteiger partial charge >= 0.3 is 0 Å². The van der Waals surface area contributed by atoms with E-state index in [-0.39, 0.29) is 0 Å². The molecule has 2 fully saturated rings. The van der Waals surface area contributed by atoms with Crippen molar-refractivity contribution in [2.75, 3.05) is 0 Å². The van der Waals surface area contributed by atoms with Crippen molar-refractivity contribution in [3.63, 3.8) is 0 Å². The second-order valence-electron chi connectivity index (χ2n) is 8.45. The number of aryl methyl sites for hydroxylation is 1. The standard InChI is InChI=1S/C24H35Br/c1-2-3-4-19-5-9-21(10-6-19)23-13-15-24(16-14-23)22-11-7-20(8-12-22)17-18-25/h5-6,9-10,17-18,20,22-24H,2-4,7-8,11-16H2,1H3/b18-17+. The lowest BCUT2D eigenvalue weighted by Crippen LogP contribution is -2.25. The van der Waals surface area contributed by atoms with Crippen molar-refractivity contribution in [3.8, 4) is 0 Å². The van der Waals surface area contributed by atoms with Gasteiger partial charge in [-0.05, 0) is 104 Å². The van der Waals surface area contributed by atoms with Crippen LogP contribution in [0.2, 0.25) is 0 Å². The molecule has 0 saturated heterocycles. The molecule has 0 N–H and O–H groups in total. The Morgan fingerprint density at radius 2 is 1.48 bits per heavy atom. The van der Waals surface area contributed by atoms with Crippen molar-refractivity contribution >= 4 is 15.9 Å². The highest BCUT2D eigenvalue weighted by Gasteiger charge is 2.30. The minimum Gasteiger partial charge on any atom is -0.0745 e. The van der Waals surface area contributed by atoms with E-state index >= 15 is 0 Å². The molecule has 0 nitrogen and oxygen atoms in total. The van der Waals surface area contributed by atoms with E-state index in [0.717, 1.165) is 23.7 Å². The van der Waals surface area contributed by atoms with Crippen molar-refractivity contribution in [1.29, 1.82) is 0 Å². The molecular formula is C24H35Br. The Morgan fingerprint density at radius 1 is 0.880 bits per heavy atom. The maximum absolute atomic E-state index is 3.44. The summed E-state index contributed by atoms with van der Waals surface area (Å²) in [6.07, 6.45) is 17.7. The molecule has 2 aliphatic carbocycles. The van der Waals surface area contributed by atoms with Crippen LogP contribution in [0, 0.1) is 17.8 Å². The summed E-state index contributed by atoms with van der Waals surface area (Å²) in [4.78, 5) is 2.07. The van der Waals surface area contributed by atoms with Crippen LogP contribution in [0.4, 0.5) is 0 Å². The summed E-state index contributed by atoms with van der Waals surface area (Å²) in [5, 5.41) is 0. The Labute approximate surface area is 163 Å². The molecule has 0 unspecified atom stereocenters. The zero-order valence-electron chi connectivity index (χ0n) is 15.9. The van der Waals surface area contributed by atoms with E-state index in [0.29, 0.717) is 0 Å². The average Bonchev–Trinajstić information content (AvgIpc) is 2.68. The molecule has 1 aromatic rings. The molecule has 0 radical (unpaired) electrons. The third-order valence-corrected chi connectivity index (χ3v) is 7.18. The Kier molecular flexibility index (Phi) is 7.65. The van der Waals surface area contributed by atoms with Crippen molar-refractivity contribution in [2.24, 2.45) is 17.8 Å². The first kappa shape index (κ1) is 19.2. The fourth-order valence-corrected chi connectivity index (χ4v) is 5.60. The van der Waals surface area contributed by atoms with E-state index in [9.17, 15) is 0 Å². The molecule has 0 spiro atoms. The molecule has 0 heterocycles. The van der Waals surface area contributed by atoms with Crippen molar-refractivity contribution in [2.45, 2.75) is 83.5 Å². The summed E-state index contributed by atoms with van der Waals surface area (Å²) in [5.41, 5.74) is 3.12. The van der Waals surface area contributed by atoms with Gasteiger partial charge < -0.3 is 0 Å². The van der Waals surface area contributed by atoms with E-state index in [1.165, 1.54) is 76.2 Å². The lowest BCUT2D eigenvalue weighted by molar-refractivity contribution is 0.171.